The fourth-order valence-corrected chi connectivity index (χ4v) is 3.51. The Morgan fingerprint density at radius 3 is 2.64 bits per heavy atom. The molecule has 0 radical (unpaired) electrons. The molecule has 4 rings (SSSR count). The van der Waals surface area contributed by atoms with E-state index in [1.165, 1.54) is 12.5 Å². The first kappa shape index (κ1) is 17.9. The minimum absolute atomic E-state index is 0.00877. The second kappa shape index (κ2) is 7.64. The van der Waals surface area contributed by atoms with Crippen LogP contribution in [0.25, 0.3) is 0 Å². The molecule has 0 fully saturated rings. The molecular formula is C23H21N3O2. The minimum atomic E-state index is -0.0548. The molecule has 0 bridgehead atoms. The van der Waals surface area contributed by atoms with Crippen molar-refractivity contribution in [3.63, 3.8) is 0 Å². The zero-order chi connectivity index (χ0) is 19.5. The Balaban J connectivity index is 1.58. The predicted molar refractivity (Wildman–Crippen MR) is 110 cm³/mol. The smallest absolute Gasteiger partial charge is 0.259 e. The van der Waals surface area contributed by atoms with Crippen LogP contribution in [0.3, 0.4) is 0 Å². The zero-order valence-electron chi connectivity index (χ0n) is 15.7. The molecule has 5 nitrogen and oxygen atoms in total. The number of hydrogen-bond acceptors (Lipinski definition) is 4. The number of Topliss-reactive ketones (excluding diaryl/α,β-unsaturated/α-hetero) is 1. The van der Waals surface area contributed by atoms with E-state index in [2.05, 4.69) is 16.4 Å². The predicted octanol–water partition coefficient (Wildman–Crippen LogP) is 4.62. The maximum Gasteiger partial charge on any atom is 0.259 e. The number of para-hydroxylation sites is 1. The van der Waals surface area contributed by atoms with Crippen molar-refractivity contribution < 1.29 is 9.59 Å². The molecule has 1 N–H and O–H groups in total. The summed E-state index contributed by atoms with van der Waals surface area (Å²) >= 11 is 0. The number of hydrogen-bond donors (Lipinski definition) is 1. The number of benzene rings is 2. The number of anilines is 3. The lowest BCUT2D eigenvalue weighted by molar-refractivity contribution is 0.0982. The highest BCUT2D eigenvalue weighted by molar-refractivity contribution is 6.07. The Kier molecular flexibility index (Phi) is 4.89. The van der Waals surface area contributed by atoms with E-state index in [-0.39, 0.29) is 11.7 Å². The molecule has 0 aliphatic carbocycles. The summed E-state index contributed by atoms with van der Waals surface area (Å²) in [5, 5.41) is 3.23. The third-order valence-corrected chi connectivity index (χ3v) is 4.90. The Bertz CT molecular complexity index is 1050. The Morgan fingerprint density at radius 2 is 1.79 bits per heavy atom. The highest BCUT2D eigenvalue weighted by Gasteiger charge is 2.23. The first-order valence-electron chi connectivity index (χ1n) is 9.35. The first-order valence-corrected chi connectivity index (χ1v) is 9.35. The zero-order valence-corrected chi connectivity index (χ0v) is 15.7. The van der Waals surface area contributed by atoms with E-state index in [4.69, 9.17) is 0 Å². The van der Waals surface area contributed by atoms with Gasteiger partial charge in [-0.15, -0.1) is 0 Å². The topological polar surface area (TPSA) is 62.3 Å². The molecule has 1 aromatic heterocycles. The van der Waals surface area contributed by atoms with Gasteiger partial charge in [0.15, 0.2) is 5.78 Å². The fraction of sp³-hybridized carbons (Fsp3) is 0.174. The number of amides is 1. The van der Waals surface area contributed by atoms with Gasteiger partial charge in [-0.2, -0.15) is 0 Å². The Morgan fingerprint density at radius 1 is 0.964 bits per heavy atom. The number of carbonyl (C=O) groups is 2. The molecule has 5 heteroatoms. The largest absolute Gasteiger partial charge is 0.354 e. The van der Waals surface area contributed by atoms with Crippen LogP contribution in [-0.2, 0) is 6.42 Å². The summed E-state index contributed by atoms with van der Waals surface area (Å²) in [7, 11) is 0. The van der Waals surface area contributed by atoms with Crippen molar-refractivity contribution >= 4 is 28.8 Å². The average Bonchev–Trinajstić information content (AvgIpc) is 2.73. The number of aromatic nitrogens is 1. The third kappa shape index (κ3) is 3.64. The highest BCUT2D eigenvalue weighted by Crippen LogP contribution is 2.28. The standard InChI is InChI=1S/C23H21N3O2/c1-16(27)18-7-4-9-20(12-18)25-21-13-19(14-24-15-21)23(28)26-11-5-8-17-6-2-3-10-22(17)26/h2-4,6-7,9-10,12-15,25H,5,8,11H2,1H3. The number of rotatable bonds is 4. The van der Waals surface area contributed by atoms with Crippen molar-refractivity contribution in [2.75, 3.05) is 16.8 Å². The van der Waals surface area contributed by atoms with Gasteiger partial charge in [0.1, 0.15) is 0 Å². The number of nitrogens with zero attached hydrogens (tertiary/aromatic N) is 2. The molecule has 1 aliphatic rings. The van der Waals surface area contributed by atoms with Gasteiger partial charge in [0.05, 0.1) is 17.4 Å². The summed E-state index contributed by atoms with van der Waals surface area (Å²) in [6, 6.07) is 17.1. The van der Waals surface area contributed by atoms with Gasteiger partial charge in [0, 0.05) is 29.7 Å². The van der Waals surface area contributed by atoms with E-state index < -0.39 is 0 Å². The lowest BCUT2D eigenvalue weighted by atomic mass is 10.0. The maximum absolute atomic E-state index is 13.1. The summed E-state index contributed by atoms with van der Waals surface area (Å²) in [4.78, 5) is 30.8. The molecule has 0 unspecified atom stereocenters. The molecular weight excluding hydrogens is 350 g/mol. The van der Waals surface area contributed by atoms with Crippen molar-refractivity contribution in [3.8, 4) is 0 Å². The molecule has 3 aromatic rings. The van der Waals surface area contributed by atoms with Crippen LogP contribution in [0.4, 0.5) is 17.1 Å². The van der Waals surface area contributed by atoms with Gasteiger partial charge < -0.3 is 10.2 Å². The first-order chi connectivity index (χ1) is 13.6. The molecule has 2 heterocycles. The number of carbonyl (C=O) groups excluding carboxylic acids is 2. The second-order valence-electron chi connectivity index (χ2n) is 6.91. The summed E-state index contributed by atoms with van der Waals surface area (Å²) in [5.41, 5.74) is 4.83. The van der Waals surface area contributed by atoms with Gasteiger partial charge in [-0.1, -0.05) is 30.3 Å². The van der Waals surface area contributed by atoms with E-state index in [1.807, 2.05) is 35.2 Å². The summed E-state index contributed by atoms with van der Waals surface area (Å²) in [6.07, 6.45) is 5.20. The van der Waals surface area contributed by atoms with E-state index in [1.54, 1.807) is 30.6 Å². The molecule has 140 valence electrons. The van der Waals surface area contributed by atoms with Crippen molar-refractivity contribution in [3.05, 3.63) is 83.7 Å². The van der Waals surface area contributed by atoms with Crippen molar-refractivity contribution in [2.24, 2.45) is 0 Å². The van der Waals surface area contributed by atoms with Crippen LogP contribution in [0.2, 0.25) is 0 Å². The normalized spacial score (nSPS) is 13.0. The molecule has 1 aliphatic heterocycles. The van der Waals surface area contributed by atoms with Crippen molar-refractivity contribution in [1.82, 2.24) is 4.98 Å². The Labute approximate surface area is 164 Å². The summed E-state index contributed by atoms with van der Waals surface area (Å²) in [5.74, 6) is -0.0461. The molecule has 2 aromatic carbocycles. The molecule has 0 spiro atoms. The van der Waals surface area contributed by atoms with Gasteiger partial charge in [-0.05, 0) is 49.6 Å². The van der Waals surface area contributed by atoms with Gasteiger partial charge >= 0.3 is 0 Å². The van der Waals surface area contributed by atoms with Gasteiger partial charge in [0.2, 0.25) is 0 Å². The number of pyridine rings is 1. The number of fused-ring (bicyclic) bond motifs is 1. The third-order valence-electron chi connectivity index (χ3n) is 4.90. The van der Waals surface area contributed by atoms with Crippen LogP contribution >= 0.6 is 0 Å². The molecule has 0 atom stereocenters. The number of nitrogens with one attached hydrogen (secondary N) is 1. The van der Waals surface area contributed by atoms with Crippen molar-refractivity contribution in [1.29, 1.82) is 0 Å². The highest BCUT2D eigenvalue weighted by atomic mass is 16.2. The molecule has 0 saturated carbocycles. The summed E-state index contributed by atoms with van der Waals surface area (Å²) < 4.78 is 0. The monoisotopic (exact) mass is 371 g/mol. The SMILES string of the molecule is CC(=O)c1cccc(Nc2cncc(C(=O)N3CCCc4ccccc43)c2)c1. The molecule has 1 amide bonds. The lowest BCUT2D eigenvalue weighted by Gasteiger charge is -2.29. The van der Waals surface area contributed by atoms with E-state index in [0.717, 1.165) is 24.2 Å². The quantitative estimate of drug-likeness (QED) is 0.680. The van der Waals surface area contributed by atoms with Gasteiger partial charge in [0.25, 0.3) is 5.91 Å². The van der Waals surface area contributed by atoms with Gasteiger partial charge in [-0.3, -0.25) is 14.6 Å². The van der Waals surface area contributed by atoms with Crippen LogP contribution in [-0.4, -0.2) is 23.2 Å². The fourth-order valence-electron chi connectivity index (χ4n) is 3.51. The molecule has 28 heavy (non-hydrogen) atoms. The van der Waals surface area contributed by atoms with E-state index in [9.17, 15) is 9.59 Å². The van der Waals surface area contributed by atoms with Crippen LogP contribution in [0.15, 0.2) is 67.0 Å². The van der Waals surface area contributed by atoms with E-state index >= 15 is 0 Å². The van der Waals surface area contributed by atoms with Crippen molar-refractivity contribution in [2.45, 2.75) is 19.8 Å². The lowest BCUT2D eigenvalue weighted by Crippen LogP contribution is -2.35. The van der Waals surface area contributed by atoms with Crippen LogP contribution < -0.4 is 10.2 Å². The summed E-state index contributed by atoms with van der Waals surface area (Å²) in [6.45, 7) is 2.24. The maximum atomic E-state index is 13.1. The van der Waals surface area contributed by atoms with Crippen LogP contribution in [0, 0.1) is 0 Å². The second-order valence-corrected chi connectivity index (χ2v) is 6.91. The van der Waals surface area contributed by atoms with Crippen LogP contribution in [0.1, 0.15) is 39.6 Å². The number of aryl methyl sites for hydroxylation is 1. The average molecular weight is 371 g/mol. The van der Waals surface area contributed by atoms with Crippen LogP contribution in [0.5, 0.6) is 0 Å². The Hall–Kier alpha value is -3.47. The van der Waals surface area contributed by atoms with E-state index in [0.29, 0.717) is 23.4 Å². The number of ketones is 1. The molecule has 0 saturated heterocycles. The van der Waals surface area contributed by atoms with Gasteiger partial charge in [-0.25, -0.2) is 0 Å². The minimum Gasteiger partial charge on any atom is -0.354 e.